The van der Waals surface area contributed by atoms with Gasteiger partial charge in [-0.25, -0.2) is 0 Å². The number of nitrogens with zero attached hydrogens (tertiary/aromatic N) is 2. The van der Waals surface area contributed by atoms with Crippen molar-refractivity contribution in [2.75, 3.05) is 5.32 Å². The highest BCUT2D eigenvalue weighted by atomic mass is 35.5. The SMILES string of the molecule is N#C/C(=C/NCc1cccnc1)C(=O)Nc1ccc(Cl)c(Cl)c1. The second-order valence-corrected chi connectivity index (χ2v) is 5.31. The van der Waals surface area contributed by atoms with Crippen LogP contribution in [0.4, 0.5) is 5.69 Å². The predicted octanol–water partition coefficient (Wildman–Crippen LogP) is 3.52. The Morgan fingerprint density at radius 1 is 1.30 bits per heavy atom. The maximum Gasteiger partial charge on any atom is 0.267 e. The largest absolute Gasteiger partial charge is 0.386 e. The zero-order valence-electron chi connectivity index (χ0n) is 11.9. The molecule has 0 aliphatic rings. The number of nitrogens with one attached hydrogen (secondary N) is 2. The first-order chi connectivity index (χ1) is 11.1. The fourth-order valence-corrected chi connectivity index (χ4v) is 1.99. The molecule has 2 aromatic rings. The maximum absolute atomic E-state index is 12.1. The van der Waals surface area contributed by atoms with Crippen molar-refractivity contribution in [3.8, 4) is 6.07 Å². The van der Waals surface area contributed by atoms with Crippen molar-refractivity contribution in [2.24, 2.45) is 0 Å². The summed E-state index contributed by atoms with van der Waals surface area (Å²) in [4.78, 5) is 16.0. The van der Waals surface area contributed by atoms with Gasteiger partial charge < -0.3 is 10.6 Å². The Kier molecular flexibility index (Phi) is 5.98. The van der Waals surface area contributed by atoms with Crippen LogP contribution in [0.3, 0.4) is 0 Å². The second kappa shape index (κ2) is 8.18. The van der Waals surface area contributed by atoms with Crippen LogP contribution in [0.25, 0.3) is 0 Å². The predicted molar refractivity (Wildman–Crippen MR) is 89.9 cm³/mol. The summed E-state index contributed by atoms with van der Waals surface area (Å²) < 4.78 is 0. The van der Waals surface area contributed by atoms with Crippen molar-refractivity contribution < 1.29 is 4.79 Å². The Morgan fingerprint density at radius 2 is 2.13 bits per heavy atom. The summed E-state index contributed by atoms with van der Waals surface area (Å²) in [5.41, 5.74) is 1.34. The zero-order chi connectivity index (χ0) is 16.7. The number of hydrogen-bond acceptors (Lipinski definition) is 4. The Hall–Kier alpha value is -2.55. The monoisotopic (exact) mass is 346 g/mol. The van der Waals surface area contributed by atoms with Gasteiger partial charge in [0.25, 0.3) is 5.91 Å². The summed E-state index contributed by atoms with van der Waals surface area (Å²) in [6.45, 7) is 0.457. The van der Waals surface area contributed by atoms with Crippen molar-refractivity contribution in [3.63, 3.8) is 0 Å². The first-order valence-corrected chi connectivity index (χ1v) is 7.34. The summed E-state index contributed by atoms with van der Waals surface area (Å²) in [5, 5.41) is 15.3. The van der Waals surface area contributed by atoms with E-state index in [0.29, 0.717) is 22.3 Å². The van der Waals surface area contributed by atoms with Crippen LogP contribution in [-0.4, -0.2) is 10.9 Å². The number of anilines is 1. The van der Waals surface area contributed by atoms with E-state index in [0.717, 1.165) is 5.56 Å². The number of aromatic nitrogens is 1. The number of amides is 1. The normalized spacial score (nSPS) is 10.7. The lowest BCUT2D eigenvalue weighted by atomic mass is 10.2. The number of benzene rings is 1. The molecule has 0 unspecified atom stereocenters. The van der Waals surface area contributed by atoms with Gasteiger partial charge in [0.05, 0.1) is 10.0 Å². The van der Waals surface area contributed by atoms with Gasteiger partial charge in [-0.15, -0.1) is 0 Å². The van der Waals surface area contributed by atoms with E-state index < -0.39 is 5.91 Å². The molecule has 0 bridgehead atoms. The molecule has 0 aliphatic heterocycles. The van der Waals surface area contributed by atoms with Crippen LogP contribution < -0.4 is 10.6 Å². The number of pyridine rings is 1. The Morgan fingerprint density at radius 3 is 2.78 bits per heavy atom. The molecule has 0 atom stereocenters. The fraction of sp³-hybridized carbons (Fsp3) is 0.0625. The smallest absolute Gasteiger partial charge is 0.267 e. The van der Waals surface area contributed by atoms with Crippen molar-refractivity contribution in [1.29, 1.82) is 5.26 Å². The number of rotatable bonds is 5. The van der Waals surface area contributed by atoms with Crippen LogP contribution in [0, 0.1) is 11.3 Å². The lowest BCUT2D eigenvalue weighted by Crippen LogP contribution is -2.16. The highest BCUT2D eigenvalue weighted by Gasteiger charge is 2.10. The minimum atomic E-state index is -0.537. The molecule has 23 heavy (non-hydrogen) atoms. The van der Waals surface area contributed by atoms with Crippen molar-refractivity contribution in [2.45, 2.75) is 6.54 Å². The second-order valence-electron chi connectivity index (χ2n) is 4.50. The van der Waals surface area contributed by atoms with Crippen LogP contribution in [-0.2, 0) is 11.3 Å². The summed E-state index contributed by atoms with van der Waals surface area (Å²) in [6.07, 6.45) is 4.73. The molecule has 0 spiro atoms. The average Bonchev–Trinajstić information content (AvgIpc) is 2.56. The van der Waals surface area contributed by atoms with Crippen LogP contribution in [0.1, 0.15) is 5.56 Å². The number of nitriles is 1. The van der Waals surface area contributed by atoms with Gasteiger partial charge >= 0.3 is 0 Å². The van der Waals surface area contributed by atoms with E-state index in [2.05, 4.69) is 15.6 Å². The van der Waals surface area contributed by atoms with Crippen molar-refractivity contribution in [3.05, 3.63) is 70.1 Å². The minimum absolute atomic E-state index is 0.0556. The van der Waals surface area contributed by atoms with E-state index in [1.807, 2.05) is 18.2 Å². The fourth-order valence-electron chi connectivity index (χ4n) is 1.69. The third kappa shape index (κ3) is 4.99. The summed E-state index contributed by atoms with van der Waals surface area (Å²) >= 11 is 11.7. The minimum Gasteiger partial charge on any atom is -0.386 e. The van der Waals surface area contributed by atoms with Gasteiger partial charge in [-0.2, -0.15) is 5.26 Å². The van der Waals surface area contributed by atoms with Gasteiger partial charge in [0.15, 0.2) is 0 Å². The third-order valence-corrected chi connectivity index (χ3v) is 3.56. The maximum atomic E-state index is 12.1. The van der Waals surface area contributed by atoms with E-state index in [4.69, 9.17) is 28.5 Å². The molecule has 0 aliphatic carbocycles. The molecule has 1 heterocycles. The number of hydrogen-bond donors (Lipinski definition) is 2. The topological polar surface area (TPSA) is 77.8 Å². The van der Waals surface area contributed by atoms with Crippen LogP contribution in [0.15, 0.2) is 54.5 Å². The van der Waals surface area contributed by atoms with Gasteiger partial charge in [-0.05, 0) is 29.8 Å². The lowest BCUT2D eigenvalue weighted by molar-refractivity contribution is -0.112. The van der Waals surface area contributed by atoms with E-state index >= 15 is 0 Å². The van der Waals surface area contributed by atoms with Gasteiger partial charge in [-0.1, -0.05) is 29.3 Å². The van der Waals surface area contributed by atoms with E-state index in [1.165, 1.54) is 12.3 Å². The van der Waals surface area contributed by atoms with Gasteiger partial charge in [0.2, 0.25) is 0 Å². The molecule has 0 saturated carbocycles. The van der Waals surface area contributed by atoms with Crippen molar-refractivity contribution >= 4 is 34.8 Å². The molecule has 2 rings (SSSR count). The molecule has 1 amide bonds. The summed E-state index contributed by atoms with van der Waals surface area (Å²) in [6, 6.07) is 10.2. The summed E-state index contributed by atoms with van der Waals surface area (Å²) in [5.74, 6) is -0.537. The highest BCUT2D eigenvalue weighted by molar-refractivity contribution is 6.42. The number of carbonyl (C=O) groups excluding carboxylic acids is 1. The molecule has 5 nitrogen and oxygen atoms in total. The quantitative estimate of drug-likeness (QED) is 0.641. The van der Waals surface area contributed by atoms with Gasteiger partial charge in [0.1, 0.15) is 11.6 Å². The molecule has 0 radical (unpaired) electrons. The Balaban J connectivity index is 1.99. The first-order valence-electron chi connectivity index (χ1n) is 6.59. The van der Waals surface area contributed by atoms with E-state index in [-0.39, 0.29) is 5.57 Å². The highest BCUT2D eigenvalue weighted by Crippen LogP contribution is 2.25. The van der Waals surface area contributed by atoms with Gasteiger partial charge in [0, 0.05) is 30.8 Å². The molecule has 7 heteroatoms. The van der Waals surface area contributed by atoms with E-state index in [9.17, 15) is 4.79 Å². The molecular formula is C16H12Cl2N4O. The van der Waals surface area contributed by atoms with Gasteiger partial charge in [-0.3, -0.25) is 9.78 Å². The average molecular weight is 347 g/mol. The molecule has 0 saturated heterocycles. The van der Waals surface area contributed by atoms with Crippen LogP contribution >= 0.6 is 23.2 Å². The van der Waals surface area contributed by atoms with Crippen LogP contribution in [0.2, 0.25) is 10.0 Å². The standard InChI is InChI=1S/C16H12Cl2N4O/c17-14-4-3-13(6-15(14)18)22-16(23)12(7-19)10-21-9-11-2-1-5-20-8-11/h1-6,8,10,21H,9H2,(H,22,23)/b12-10-. The molecule has 0 fully saturated rings. The van der Waals surface area contributed by atoms with Crippen LogP contribution in [0.5, 0.6) is 0 Å². The summed E-state index contributed by atoms with van der Waals surface area (Å²) in [7, 11) is 0. The number of halogens is 2. The molecule has 116 valence electrons. The zero-order valence-corrected chi connectivity index (χ0v) is 13.4. The Labute approximate surface area is 143 Å². The molecule has 2 N–H and O–H groups in total. The molecule has 1 aromatic carbocycles. The first kappa shape index (κ1) is 16.8. The third-order valence-electron chi connectivity index (χ3n) is 2.82. The van der Waals surface area contributed by atoms with E-state index in [1.54, 1.807) is 24.5 Å². The Bertz CT molecular complexity index is 769. The van der Waals surface area contributed by atoms with Crippen molar-refractivity contribution in [1.82, 2.24) is 10.3 Å². The lowest BCUT2D eigenvalue weighted by Gasteiger charge is -2.06. The molecular weight excluding hydrogens is 335 g/mol. The molecule has 1 aromatic heterocycles. The number of carbonyl (C=O) groups is 1.